The molecule has 0 fully saturated rings. The van der Waals surface area contributed by atoms with Gasteiger partial charge in [0.2, 0.25) is 0 Å². The Balaban J connectivity index is 2.60. The van der Waals surface area contributed by atoms with Crippen molar-refractivity contribution in [2.75, 3.05) is 0 Å². The molecule has 0 saturated heterocycles. The van der Waals surface area contributed by atoms with Crippen molar-refractivity contribution in [3.05, 3.63) is 47.0 Å². The van der Waals surface area contributed by atoms with Crippen LogP contribution < -0.4 is 0 Å². The highest BCUT2D eigenvalue weighted by atomic mass is 16.4. The molecule has 0 bridgehead atoms. The summed E-state index contributed by atoms with van der Waals surface area (Å²) in [5.41, 5.74) is 1.42. The predicted molar refractivity (Wildman–Crippen MR) is 87.8 cm³/mol. The average Bonchev–Trinajstić information content (AvgIpc) is 2.49. The van der Waals surface area contributed by atoms with Crippen LogP contribution in [0.25, 0.3) is 10.8 Å². The van der Waals surface area contributed by atoms with Crippen LogP contribution in [0, 0.1) is 28.1 Å². The van der Waals surface area contributed by atoms with Crippen molar-refractivity contribution in [1.82, 2.24) is 0 Å². The zero-order valence-corrected chi connectivity index (χ0v) is 13.4. The smallest absolute Gasteiger partial charge is 0.303 e. The predicted octanol–water partition coefficient (Wildman–Crippen LogP) is 4.19. The molecule has 0 aliphatic rings. The number of carboxylic acid groups (broad SMARTS) is 1. The number of fused-ring (bicyclic) bond motifs is 1. The number of hydrogen-bond acceptors (Lipinski definition) is 3. The molecule has 0 aliphatic heterocycles. The van der Waals surface area contributed by atoms with Gasteiger partial charge in [-0.1, -0.05) is 39.0 Å². The summed E-state index contributed by atoms with van der Waals surface area (Å²) in [7, 11) is 0. The maximum Gasteiger partial charge on any atom is 0.303 e. The highest BCUT2D eigenvalue weighted by molar-refractivity contribution is 5.86. The molecule has 2 rings (SSSR count). The van der Waals surface area contributed by atoms with E-state index in [-0.39, 0.29) is 17.8 Å². The maximum atomic E-state index is 11.2. The molecule has 0 aliphatic carbocycles. The van der Waals surface area contributed by atoms with Gasteiger partial charge in [-0.3, -0.25) is 4.79 Å². The minimum absolute atomic E-state index is 0.0520. The van der Waals surface area contributed by atoms with Gasteiger partial charge in [-0.2, -0.15) is 10.5 Å². The van der Waals surface area contributed by atoms with Crippen LogP contribution >= 0.6 is 0 Å². The number of carboxylic acids is 1. The van der Waals surface area contributed by atoms with Gasteiger partial charge >= 0.3 is 5.97 Å². The summed E-state index contributed by atoms with van der Waals surface area (Å²) in [4.78, 5) is 11.2. The first-order valence-electron chi connectivity index (χ1n) is 7.36. The molecule has 116 valence electrons. The second-order valence-corrected chi connectivity index (χ2v) is 6.74. The Morgan fingerprint density at radius 1 is 1.09 bits per heavy atom. The summed E-state index contributed by atoms with van der Waals surface area (Å²) in [5.74, 6) is -0.965. The SMILES string of the molecule is CC(C)(C)C(CC(=O)O)c1ccc2cc(C#N)c(C#N)cc2c1. The maximum absolute atomic E-state index is 11.2. The van der Waals surface area contributed by atoms with Crippen LogP contribution in [0.5, 0.6) is 0 Å². The van der Waals surface area contributed by atoms with E-state index in [2.05, 4.69) is 0 Å². The van der Waals surface area contributed by atoms with E-state index in [1.165, 1.54) is 0 Å². The number of carbonyl (C=O) groups is 1. The van der Waals surface area contributed by atoms with Crippen LogP contribution in [-0.4, -0.2) is 11.1 Å². The highest BCUT2D eigenvalue weighted by Gasteiger charge is 2.28. The Labute approximate surface area is 135 Å². The fraction of sp³-hybridized carbons (Fsp3) is 0.316. The Hall–Kier alpha value is -2.85. The van der Waals surface area contributed by atoms with E-state index in [1.54, 1.807) is 12.1 Å². The van der Waals surface area contributed by atoms with Crippen molar-refractivity contribution in [2.24, 2.45) is 5.41 Å². The second-order valence-electron chi connectivity index (χ2n) is 6.74. The molecule has 0 saturated carbocycles. The lowest BCUT2D eigenvalue weighted by atomic mass is 9.74. The molecule has 2 aromatic carbocycles. The highest BCUT2D eigenvalue weighted by Crippen LogP contribution is 2.39. The van der Waals surface area contributed by atoms with Crippen LogP contribution in [0.3, 0.4) is 0 Å². The van der Waals surface area contributed by atoms with E-state index in [9.17, 15) is 9.90 Å². The number of nitrogens with zero attached hydrogens (tertiary/aromatic N) is 2. The molecule has 1 N–H and O–H groups in total. The lowest BCUT2D eigenvalue weighted by molar-refractivity contribution is -0.138. The zero-order valence-electron chi connectivity index (χ0n) is 13.4. The van der Waals surface area contributed by atoms with Gasteiger partial charge in [0.05, 0.1) is 17.5 Å². The number of rotatable bonds is 3. The molecule has 2 aromatic rings. The normalized spacial score (nSPS) is 12.4. The third kappa shape index (κ3) is 3.49. The van der Waals surface area contributed by atoms with Gasteiger partial charge in [-0.05, 0) is 39.8 Å². The van der Waals surface area contributed by atoms with E-state index < -0.39 is 5.97 Å². The molecule has 4 heteroatoms. The zero-order chi connectivity index (χ0) is 17.2. The lowest BCUT2D eigenvalue weighted by Crippen LogP contribution is -2.21. The van der Waals surface area contributed by atoms with Crippen LogP contribution in [0.15, 0.2) is 30.3 Å². The molecule has 0 radical (unpaired) electrons. The lowest BCUT2D eigenvalue weighted by Gasteiger charge is -2.30. The Morgan fingerprint density at radius 2 is 1.65 bits per heavy atom. The van der Waals surface area contributed by atoms with E-state index in [1.807, 2.05) is 51.1 Å². The summed E-state index contributed by atoms with van der Waals surface area (Å²) >= 11 is 0. The first kappa shape index (κ1) is 16.5. The van der Waals surface area contributed by atoms with Crippen LogP contribution in [0.1, 0.15) is 49.8 Å². The van der Waals surface area contributed by atoms with Crippen molar-refractivity contribution in [1.29, 1.82) is 10.5 Å². The van der Waals surface area contributed by atoms with Gasteiger partial charge in [0.25, 0.3) is 0 Å². The van der Waals surface area contributed by atoms with Gasteiger partial charge in [0, 0.05) is 0 Å². The topological polar surface area (TPSA) is 84.9 Å². The van der Waals surface area contributed by atoms with Crippen LogP contribution in [0.2, 0.25) is 0 Å². The summed E-state index contributed by atoms with van der Waals surface area (Å²) in [6, 6.07) is 13.2. The molecule has 0 amide bonds. The van der Waals surface area contributed by atoms with Gasteiger partial charge in [0.1, 0.15) is 12.1 Å². The molecule has 23 heavy (non-hydrogen) atoms. The molecule has 4 nitrogen and oxygen atoms in total. The van der Waals surface area contributed by atoms with E-state index >= 15 is 0 Å². The molecule has 1 atom stereocenters. The van der Waals surface area contributed by atoms with Crippen molar-refractivity contribution in [3.8, 4) is 12.1 Å². The largest absolute Gasteiger partial charge is 0.481 e. The number of hydrogen-bond donors (Lipinski definition) is 1. The van der Waals surface area contributed by atoms with Gasteiger partial charge < -0.3 is 5.11 Å². The Bertz CT molecular complexity index is 849. The van der Waals surface area contributed by atoms with Crippen molar-refractivity contribution in [2.45, 2.75) is 33.1 Å². The molecule has 0 spiro atoms. The quantitative estimate of drug-likeness (QED) is 0.921. The van der Waals surface area contributed by atoms with E-state index in [0.29, 0.717) is 11.1 Å². The van der Waals surface area contributed by atoms with Crippen LogP contribution in [0.4, 0.5) is 0 Å². The average molecular weight is 306 g/mol. The fourth-order valence-corrected chi connectivity index (χ4v) is 2.82. The summed E-state index contributed by atoms with van der Waals surface area (Å²) in [6.07, 6.45) is 0.0520. The summed E-state index contributed by atoms with van der Waals surface area (Å²) in [5, 5.41) is 29.2. The number of benzene rings is 2. The van der Waals surface area contributed by atoms with Crippen molar-refractivity contribution in [3.63, 3.8) is 0 Å². The first-order valence-corrected chi connectivity index (χ1v) is 7.36. The van der Waals surface area contributed by atoms with E-state index in [0.717, 1.165) is 16.3 Å². The summed E-state index contributed by atoms with van der Waals surface area (Å²) < 4.78 is 0. The van der Waals surface area contributed by atoms with E-state index in [4.69, 9.17) is 10.5 Å². The third-order valence-electron chi connectivity index (χ3n) is 4.07. The molecule has 0 aromatic heterocycles. The fourth-order valence-electron chi connectivity index (χ4n) is 2.82. The Morgan fingerprint density at radius 3 is 2.13 bits per heavy atom. The first-order chi connectivity index (χ1) is 10.8. The summed E-state index contributed by atoms with van der Waals surface area (Å²) in [6.45, 7) is 6.05. The third-order valence-corrected chi connectivity index (χ3v) is 4.07. The van der Waals surface area contributed by atoms with Crippen LogP contribution in [-0.2, 0) is 4.79 Å². The standard InChI is InChI=1S/C19H18N2O2/c1-19(2,3)17(9-18(22)23)13-5-4-12-6-15(10-20)16(11-21)8-14(12)7-13/h4-8,17H,9H2,1-3H3,(H,22,23). The van der Waals surface area contributed by atoms with Gasteiger partial charge in [0.15, 0.2) is 0 Å². The minimum atomic E-state index is -0.831. The Kier molecular flexibility index (Phi) is 4.38. The van der Waals surface area contributed by atoms with Crippen molar-refractivity contribution >= 4 is 16.7 Å². The monoisotopic (exact) mass is 306 g/mol. The van der Waals surface area contributed by atoms with Gasteiger partial charge in [-0.25, -0.2) is 0 Å². The number of aliphatic carboxylic acids is 1. The minimum Gasteiger partial charge on any atom is -0.481 e. The molecule has 1 unspecified atom stereocenters. The second kappa shape index (κ2) is 6.10. The molecular weight excluding hydrogens is 288 g/mol. The number of nitriles is 2. The molecule has 0 heterocycles. The molecular formula is C19H18N2O2. The van der Waals surface area contributed by atoms with Gasteiger partial charge in [-0.15, -0.1) is 0 Å². The van der Waals surface area contributed by atoms with Crippen molar-refractivity contribution < 1.29 is 9.90 Å².